The van der Waals surface area contributed by atoms with E-state index in [9.17, 15) is 9.59 Å². The van der Waals surface area contributed by atoms with Crippen LogP contribution in [0.4, 0.5) is 9.80 Å². The minimum Gasteiger partial charge on any atom is -0.444 e. The Kier molecular flexibility index (Phi) is 4.92. The Labute approximate surface area is 135 Å². The van der Waals surface area contributed by atoms with Crippen LogP contribution in [-0.4, -0.2) is 35.5 Å². The summed E-state index contributed by atoms with van der Waals surface area (Å²) < 4.78 is 5.29. The van der Waals surface area contributed by atoms with Gasteiger partial charge in [-0.05, 0) is 46.2 Å². The molecule has 1 aliphatic rings. The van der Waals surface area contributed by atoms with Gasteiger partial charge in [0.05, 0.1) is 5.56 Å². The second kappa shape index (κ2) is 6.38. The highest BCUT2D eigenvalue weighted by molar-refractivity contribution is 7.17. The number of anilines is 1. The summed E-state index contributed by atoms with van der Waals surface area (Å²) in [6, 6.07) is 0. The minimum atomic E-state index is -0.559. The van der Waals surface area contributed by atoms with Crippen molar-refractivity contribution in [2.75, 3.05) is 18.4 Å². The van der Waals surface area contributed by atoms with E-state index in [0.29, 0.717) is 10.6 Å². The Hall–Kier alpha value is -1.40. The Balaban J connectivity index is 2.26. The van der Waals surface area contributed by atoms with Gasteiger partial charge in [-0.3, -0.25) is 15.0 Å². The second-order valence-corrected chi connectivity index (χ2v) is 7.61. The number of nitrogens with one attached hydrogen (secondary N) is 1. The van der Waals surface area contributed by atoms with Crippen molar-refractivity contribution < 1.29 is 14.3 Å². The van der Waals surface area contributed by atoms with E-state index >= 15 is 0 Å². The van der Waals surface area contributed by atoms with Gasteiger partial charge in [-0.1, -0.05) is 6.92 Å². The summed E-state index contributed by atoms with van der Waals surface area (Å²) in [5.74, 6) is -0.00601. The number of carbonyl (C=O) groups is 2. The number of rotatable bonds is 3. The lowest BCUT2D eigenvalue weighted by molar-refractivity contribution is 0.0636. The third kappa shape index (κ3) is 3.87. The maximum Gasteiger partial charge on any atom is 0.412 e. The molecule has 1 aromatic heterocycles. The number of amides is 1. The minimum absolute atomic E-state index is 0.00601. The fourth-order valence-electron chi connectivity index (χ4n) is 2.58. The van der Waals surface area contributed by atoms with E-state index in [-0.39, 0.29) is 5.78 Å². The zero-order valence-electron chi connectivity index (χ0n) is 13.9. The van der Waals surface area contributed by atoms with E-state index in [0.717, 1.165) is 31.6 Å². The molecule has 1 aromatic rings. The number of ether oxygens (including phenoxy) is 1. The topological polar surface area (TPSA) is 58.6 Å². The summed E-state index contributed by atoms with van der Waals surface area (Å²) in [5, 5.41) is 3.37. The molecule has 0 radical (unpaired) electrons. The lowest BCUT2D eigenvalue weighted by Crippen LogP contribution is -2.29. The van der Waals surface area contributed by atoms with Crippen molar-refractivity contribution >= 4 is 28.2 Å². The summed E-state index contributed by atoms with van der Waals surface area (Å²) in [6.45, 7) is 11.9. The lowest BCUT2D eigenvalue weighted by atomic mass is 10.0. The molecule has 0 fully saturated rings. The molecule has 0 spiro atoms. The van der Waals surface area contributed by atoms with Gasteiger partial charge in [0.1, 0.15) is 10.6 Å². The Bertz CT molecular complexity index is 587. The van der Waals surface area contributed by atoms with Crippen LogP contribution in [-0.2, 0) is 17.7 Å². The molecule has 0 aromatic carbocycles. The van der Waals surface area contributed by atoms with Gasteiger partial charge in [0.25, 0.3) is 0 Å². The lowest BCUT2D eigenvalue weighted by Gasteiger charge is -2.25. The smallest absolute Gasteiger partial charge is 0.412 e. The zero-order valence-corrected chi connectivity index (χ0v) is 14.7. The summed E-state index contributed by atoms with van der Waals surface area (Å²) >= 11 is 1.49. The van der Waals surface area contributed by atoms with E-state index in [1.54, 1.807) is 6.92 Å². The number of hydrogen-bond acceptors (Lipinski definition) is 5. The molecule has 2 heterocycles. The van der Waals surface area contributed by atoms with Gasteiger partial charge >= 0.3 is 6.09 Å². The third-order valence-corrected chi connectivity index (χ3v) is 4.68. The molecule has 0 saturated heterocycles. The number of Topliss-reactive ketones (excluding diaryl/α,β-unsaturated/α-hetero) is 1. The van der Waals surface area contributed by atoms with E-state index in [2.05, 4.69) is 17.1 Å². The number of hydrogen-bond donors (Lipinski definition) is 1. The van der Waals surface area contributed by atoms with Gasteiger partial charge in [0.15, 0.2) is 5.78 Å². The quantitative estimate of drug-likeness (QED) is 0.862. The van der Waals surface area contributed by atoms with Crippen molar-refractivity contribution in [1.29, 1.82) is 0 Å². The van der Waals surface area contributed by atoms with Crippen LogP contribution >= 0.6 is 11.3 Å². The predicted octanol–water partition coefficient (Wildman–Crippen LogP) is 3.68. The van der Waals surface area contributed by atoms with Crippen LogP contribution < -0.4 is 5.32 Å². The highest BCUT2D eigenvalue weighted by Crippen LogP contribution is 2.37. The first-order chi connectivity index (χ1) is 10.2. The molecule has 0 bridgehead atoms. The number of nitrogens with zero attached hydrogens (tertiary/aromatic N) is 1. The van der Waals surface area contributed by atoms with Crippen molar-refractivity contribution in [2.45, 2.75) is 53.2 Å². The maximum absolute atomic E-state index is 12.0. The van der Waals surface area contributed by atoms with Crippen LogP contribution in [0.3, 0.4) is 0 Å². The summed E-state index contributed by atoms with van der Waals surface area (Å²) in [4.78, 5) is 27.5. The van der Waals surface area contributed by atoms with E-state index in [1.165, 1.54) is 16.2 Å². The van der Waals surface area contributed by atoms with Crippen molar-refractivity contribution in [1.82, 2.24) is 4.90 Å². The maximum atomic E-state index is 12.0. The van der Waals surface area contributed by atoms with E-state index < -0.39 is 11.7 Å². The number of carbonyl (C=O) groups excluding carboxylic acids is 2. The largest absolute Gasteiger partial charge is 0.444 e. The van der Waals surface area contributed by atoms with Crippen LogP contribution in [0.5, 0.6) is 0 Å². The summed E-state index contributed by atoms with van der Waals surface area (Å²) in [6.07, 6.45) is 0.339. The molecule has 1 aliphatic heterocycles. The van der Waals surface area contributed by atoms with Crippen molar-refractivity contribution in [3.05, 3.63) is 16.0 Å². The first-order valence-electron chi connectivity index (χ1n) is 7.59. The second-order valence-electron chi connectivity index (χ2n) is 6.51. The van der Waals surface area contributed by atoms with Crippen molar-refractivity contribution in [3.8, 4) is 0 Å². The van der Waals surface area contributed by atoms with Gasteiger partial charge < -0.3 is 4.74 Å². The fourth-order valence-corrected chi connectivity index (χ4v) is 3.91. The molecule has 2 rings (SSSR count). The number of likely N-dealkylation sites (N-methyl/N-ethyl adjacent to an activating group) is 1. The van der Waals surface area contributed by atoms with Gasteiger partial charge in [-0.2, -0.15) is 0 Å². The number of fused-ring (bicyclic) bond motifs is 1. The molecule has 22 heavy (non-hydrogen) atoms. The first kappa shape index (κ1) is 17.0. The highest BCUT2D eigenvalue weighted by Gasteiger charge is 2.27. The highest BCUT2D eigenvalue weighted by atomic mass is 32.1. The van der Waals surface area contributed by atoms with E-state index in [1.807, 2.05) is 20.8 Å². The zero-order chi connectivity index (χ0) is 16.5. The molecule has 1 N–H and O–H groups in total. The monoisotopic (exact) mass is 324 g/mol. The summed E-state index contributed by atoms with van der Waals surface area (Å²) in [5.41, 5.74) is 1.19. The molecule has 0 saturated carbocycles. The normalized spacial score (nSPS) is 15.3. The SMILES string of the molecule is CCN1CCc2c(sc(NC(=O)OC(C)(C)C)c2C(C)=O)C1. The standard InChI is InChI=1S/C16H24N2O3S/c1-6-18-8-7-11-12(9-18)22-14(13(11)10(2)19)17-15(20)21-16(3,4)5/h6-9H2,1-5H3,(H,17,20). The fraction of sp³-hybridized carbons (Fsp3) is 0.625. The van der Waals surface area contributed by atoms with Crippen LogP contribution in [0.15, 0.2) is 0 Å². The summed E-state index contributed by atoms with van der Waals surface area (Å²) in [7, 11) is 0. The molecular weight excluding hydrogens is 300 g/mol. The molecule has 0 aliphatic carbocycles. The van der Waals surface area contributed by atoms with E-state index in [4.69, 9.17) is 4.74 Å². The Morgan fingerprint density at radius 3 is 2.59 bits per heavy atom. The molecular formula is C16H24N2O3S. The Morgan fingerprint density at radius 2 is 2.05 bits per heavy atom. The average Bonchev–Trinajstić information content (AvgIpc) is 2.72. The number of thiophene rings is 1. The van der Waals surface area contributed by atoms with Crippen molar-refractivity contribution in [3.63, 3.8) is 0 Å². The van der Waals surface area contributed by atoms with Gasteiger partial charge in [0, 0.05) is 18.0 Å². The van der Waals surface area contributed by atoms with Crippen LogP contribution in [0, 0.1) is 0 Å². The van der Waals surface area contributed by atoms with Gasteiger partial charge in [-0.15, -0.1) is 11.3 Å². The average molecular weight is 324 g/mol. The van der Waals surface area contributed by atoms with Crippen LogP contribution in [0.2, 0.25) is 0 Å². The molecule has 6 heteroatoms. The molecule has 122 valence electrons. The molecule has 0 unspecified atom stereocenters. The van der Waals surface area contributed by atoms with Gasteiger partial charge in [-0.25, -0.2) is 4.79 Å². The van der Waals surface area contributed by atoms with Crippen molar-refractivity contribution in [2.24, 2.45) is 0 Å². The molecule has 1 amide bonds. The molecule has 5 nitrogen and oxygen atoms in total. The third-order valence-electron chi connectivity index (χ3n) is 3.55. The van der Waals surface area contributed by atoms with Crippen LogP contribution in [0.25, 0.3) is 0 Å². The number of ketones is 1. The Morgan fingerprint density at radius 1 is 1.36 bits per heavy atom. The predicted molar refractivity (Wildman–Crippen MR) is 88.8 cm³/mol. The van der Waals surface area contributed by atoms with Crippen LogP contribution in [0.1, 0.15) is 55.4 Å². The van der Waals surface area contributed by atoms with Gasteiger partial charge in [0.2, 0.25) is 0 Å². The molecule has 0 atom stereocenters. The first-order valence-corrected chi connectivity index (χ1v) is 8.40.